The van der Waals surface area contributed by atoms with E-state index >= 15 is 0 Å². The van der Waals surface area contributed by atoms with E-state index in [0.29, 0.717) is 6.04 Å². The number of hydrogen-bond acceptors (Lipinski definition) is 3. The van der Waals surface area contributed by atoms with Crippen LogP contribution in [0, 0.1) is 5.92 Å². The fourth-order valence-corrected chi connectivity index (χ4v) is 3.81. The van der Waals surface area contributed by atoms with Crippen molar-refractivity contribution in [2.24, 2.45) is 5.92 Å². The van der Waals surface area contributed by atoms with Crippen molar-refractivity contribution in [3.05, 3.63) is 22.4 Å². The Morgan fingerprint density at radius 3 is 2.89 bits per heavy atom. The number of hydrogen-bond donors (Lipinski definition) is 1. The Balaban J connectivity index is 1.81. The smallest absolute Gasteiger partial charge is 0.241 e. The van der Waals surface area contributed by atoms with Gasteiger partial charge in [0, 0.05) is 10.9 Å². The van der Waals surface area contributed by atoms with Crippen LogP contribution in [0.25, 0.3) is 0 Å². The topological polar surface area (TPSA) is 32.3 Å². The molecule has 0 bridgehead atoms. The van der Waals surface area contributed by atoms with Gasteiger partial charge in [0.25, 0.3) is 0 Å². The Kier molecular flexibility index (Phi) is 3.63. The predicted octanol–water partition coefficient (Wildman–Crippen LogP) is 3.15. The van der Waals surface area contributed by atoms with Gasteiger partial charge < -0.3 is 4.90 Å². The molecule has 0 spiro atoms. The van der Waals surface area contributed by atoms with Crippen LogP contribution < -0.4 is 5.32 Å². The van der Waals surface area contributed by atoms with Crippen LogP contribution in [0.15, 0.2) is 17.5 Å². The van der Waals surface area contributed by atoms with E-state index in [2.05, 4.69) is 41.6 Å². The summed E-state index contributed by atoms with van der Waals surface area (Å²) in [4.78, 5) is 15.9. The van der Waals surface area contributed by atoms with Gasteiger partial charge in [-0.3, -0.25) is 10.1 Å². The zero-order valence-electron chi connectivity index (χ0n) is 11.6. The molecule has 2 fully saturated rings. The molecule has 3 unspecified atom stereocenters. The summed E-state index contributed by atoms with van der Waals surface area (Å²) in [6, 6.07) is 4.53. The Bertz CT molecular complexity index is 441. The van der Waals surface area contributed by atoms with Gasteiger partial charge in [-0.05, 0) is 37.1 Å². The Hall–Kier alpha value is -0.870. The molecule has 1 N–H and O–H groups in total. The molecule has 0 aromatic carbocycles. The monoisotopic (exact) mass is 278 g/mol. The maximum atomic E-state index is 12.6. The molecule has 19 heavy (non-hydrogen) atoms. The van der Waals surface area contributed by atoms with Crippen LogP contribution in [-0.4, -0.2) is 22.9 Å². The number of carbonyl (C=O) groups is 1. The first kappa shape index (κ1) is 13.1. The Morgan fingerprint density at radius 2 is 2.32 bits per heavy atom. The van der Waals surface area contributed by atoms with Crippen LogP contribution in [0.3, 0.4) is 0 Å². The average molecular weight is 278 g/mol. The molecule has 2 heterocycles. The molecule has 4 heteroatoms. The Labute approximate surface area is 119 Å². The maximum absolute atomic E-state index is 12.6. The second-order valence-electron chi connectivity index (χ2n) is 5.82. The zero-order chi connectivity index (χ0) is 13.4. The van der Waals surface area contributed by atoms with Crippen molar-refractivity contribution < 1.29 is 4.79 Å². The van der Waals surface area contributed by atoms with Gasteiger partial charge in [-0.2, -0.15) is 0 Å². The highest BCUT2D eigenvalue weighted by Crippen LogP contribution is 2.38. The fraction of sp³-hybridized carbons (Fsp3) is 0.667. The second kappa shape index (κ2) is 5.25. The molecule has 1 aliphatic carbocycles. The average Bonchev–Trinajstić information content (AvgIpc) is 2.94. The summed E-state index contributed by atoms with van der Waals surface area (Å²) in [7, 11) is 0. The van der Waals surface area contributed by atoms with E-state index in [0.717, 1.165) is 18.8 Å². The van der Waals surface area contributed by atoms with Crippen molar-refractivity contribution >= 4 is 17.2 Å². The first-order valence-electron chi connectivity index (χ1n) is 7.32. The molecular formula is C15H22N2OS. The number of nitrogens with one attached hydrogen (secondary N) is 1. The third kappa shape index (κ3) is 2.56. The minimum absolute atomic E-state index is 0.00578. The molecule has 3 rings (SSSR count). The standard InChI is InChI=1S/C15H22N2OS/c1-3-12-15(18)17(10(2)9-11-6-7-11)14(16-12)13-5-4-8-19-13/h4-5,8,10-12,14,16H,3,6-7,9H2,1-2H3. The van der Waals surface area contributed by atoms with E-state index < -0.39 is 0 Å². The summed E-state index contributed by atoms with van der Waals surface area (Å²) < 4.78 is 0. The number of rotatable bonds is 5. The molecule has 1 saturated carbocycles. The van der Waals surface area contributed by atoms with E-state index in [-0.39, 0.29) is 18.1 Å². The van der Waals surface area contributed by atoms with E-state index in [9.17, 15) is 4.79 Å². The number of nitrogens with zero attached hydrogens (tertiary/aromatic N) is 1. The minimum atomic E-state index is -0.00578. The summed E-state index contributed by atoms with van der Waals surface area (Å²) in [5.74, 6) is 1.14. The molecule has 1 amide bonds. The highest BCUT2D eigenvalue weighted by atomic mass is 32.1. The third-order valence-corrected chi connectivity index (χ3v) is 5.18. The van der Waals surface area contributed by atoms with E-state index in [1.54, 1.807) is 11.3 Å². The highest BCUT2D eigenvalue weighted by Gasteiger charge is 2.42. The maximum Gasteiger partial charge on any atom is 0.241 e. The van der Waals surface area contributed by atoms with E-state index in [4.69, 9.17) is 0 Å². The molecule has 0 radical (unpaired) electrons. The van der Waals surface area contributed by atoms with E-state index in [1.165, 1.54) is 17.7 Å². The van der Waals surface area contributed by atoms with Gasteiger partial charge in [-0.15, -0.1) is 11.3 Å². The van der Waals surface area contributed by atoms with Crippen molar-refractivity contribution in [1.82, 2.24) is 10.2 Å². The van der Waals surface area contributed by atoms with Crippen LogP contribution in [-0.2, 0) is 4.79 Å². The largest absolute Gasteiger partial charge is 0.318 e. The van der Waals surface area contributed by atoms with E-state index in [1.807, 2.05) is 0 Å². The highest BCUT2D eigenvalue weighted by molar-refractivity contribution is 7.10. The van der Waals surface area contributed by atoms with Gasteiger partial charge in [0.05, 0.1) is 6.04 Å². The summed E-state index contributed by atoms with van der Waals surface area (Å²) in [6.45, 7) is 4.28. The van der Waals surface area contributed by atoms with Crippen LogP contribution in [0.5, 0.6) is 0 Å². The Morgan fingerprint density at radius 1 is 1.53 bits per heavy atom. The zero-order valence-corrected chi connectivity index (χ0v) is 12.5. The third-order valence-electron chi connectivity index (χ3n) is 4.26. The normalized spacial score (nSPS) is 28.9. The molecule has 2 aliphatic rings. The lowest BCUT2D eigenvalue weighted by Crippen LogP contribution is -2.38. The summed E-state index contributed by atoms with van der Waals surface area (Å²) >= 11 is 1.73. The first-order chi connectivity index (χ1) is 9.20. The van der Waals surface area contributed by atoms with Crippen molar-refractivity contribution in [3.8, 4) is 0 Å². The molecule has 1 aliphatic heterocycles. The van der Waals surface area contributed by atoms with Crippen molar-refractivity contribution in [2.45, 2.75) is 57.8 Å². The molecular weight excluding hydrogens is 256 g/mol. The SMILES string of the molecule is CCC1NC(c2cccs2)N(C(C)CC2CC2)C1=O. The lowest BCUT2D eigenvalue weighted by atomic mass is 10.1. The fourth-order valence-electron chi connectivity index (χ4n) is 3.03. The van der Waals surface area contributed by atoms with Gasteiger partial charge in [-0.25, -0.2) is 0 Å². The van der Waals surface area contributed by atoms with Crippen LogP contribution in [0.2, 0.25) is 0 Å². The number of amides is 1. The second-order valence-corrected chi connectivity index (χ2v) is 6.80. The first-order valence-corrected chi connectivity index (χ1v) is 8.20. The molecule has 104 valence electrons. The van der Waals surface area contributed by atoms with Gasteiger partial charge in [0.15, 0.2) is 0 Å². The molecule has 1 aromatic rings. The number of carbonyl (C=O) groups excluding carboxylic acids is 1. The molecule has 1 aromatic heterocycles. The van der Waals surface area contributed by atoms with Crippen LogP contribution in [0.4, 0.5) is 0 Å². The van der Waals surface area contributed by atoms with Gasteiger partial charge in [0.2, 0.25) is 5.91 Å². The minimum Gasteiger partial charge on any atom is -0.318 e. The van der Waals surface area contributed by atoms with Crippen molar-refractivity contribution in [2.75, 3.05) is 0 Å². The summed E-state index contributed by atoms with van der Waals surface area (Å²) in [5, 5.41) is 5.59. The molecule has 3 atom stereocenters. The van der Waals surface area contributed by atoms with Crippen LogP contribution in [0.1, 0.15) is 50.6 Å². The summed E-state index contributed by atoms with van der Waals surface area (Å²) in [6.07, 6.45) is 4.81. The molecule has 1 saturated heterocycles. The van der Waals surface area contributed by atoms with Crippen molar-refractivity contribution in [1.29, 1.82) is 0 Å². The quantitative estimate of drug-likeness (QED) is 0.897. The lowest BCUT2D eigenvalue weighted by Gasteiger charge is -2.30. The predicted molar refractivity (Wildman–Crippen MR) is 77.9 cm³/mol. The van der Waals surface area contributed by atoms with Crippen molar-refractivity contribution in [3.63, 3.8) is 0 Å². The summed E-state index contributed by atoms with van der Waals surface area (Å²) in [5.41, 5.74) is 0. The van der Waals surface area contributed by atoms with Crippen LogP contribution >= 0.6 is 11.3 Å². The lowest BCUT2D eigenvalue weighted by molar-refractivity contribution is -0.132. The number of thiophene rings is 1. The van der Waals surface area contributed by atoms with Gasteiger partial charge in [-0.1, -0.05) is 25.8 Å². The molecule has 3 nitrogen and oxygen atoms in total. The van der Waals surface area contributed by atoms with Gasteiger partial charge >= 0.3 is 0 Å². The van der Waals surface area contributed by atoms with Gasteiger partial charge in [0.1, 0.15) is 6.17 Å².